The maximum atomic E-state index is 12.1. The summed E-state index contributed by atoms with van der Waals surface area (Å²) in [6.07, 6.45) is 1.50. The number of benzene rings is 1. The predicted molar refractivity (Wildman–Crippen MR) is 80.7 cm³/mol. The lowest BCUT2D eigenvalue weighted by molar-refractivity contribution is 0.0438. The molecule has 0 atom stereocenters. The quantitative estimate of drug-likeness (QED) is 0.636. The summed E-state index contributed by atoms with van der Waals surface area (Å²) < 4.78 is 25.9. The van der Waals surface area contributed by atoms with Crippen molar-refractivity contribution in [3.63, 3.8) is 0 Å². The summed E-state index contributed by atoms with van der Waals surface area (Å²) in [6.45, 7) is -0.152. The molecule has 124 valence electrons. The van der Waals surface area contributed by atoms with Gasteiger partial charge < -0.3 is 23.0 Å². The van der Waals surface area contributed by atoms with Gasteiger partial charge in [0.05, 0.1) is 26.0 Å². The fourth-order valence-electron chi connectivity index (χ4n) is 1.99. The Labute approximate surface area is 137 Å². The van der Waals surface area contributed by atoms with Crippen LogP contribution in [0.1, 0.15) is 16.2 Å². The van der Waals surface area contributed by atoms with E-state index in [-0.39, 0.29) is 18.4 Å². The molecule has 0 aliphatic carbocycles. The van der Waals surface area contributed by atoms with Crippen molar-refractivity contribution in [1.82, 2.24) is 10.2 Å². The third kappa shape index (κ3) is 3.22. The Bertz CT molecular complexity index is 825. The van der Waals surface area contributed by atoms with E-state index in [1.165, 1.54) is 26.5 Å². The largest absolute Gasteiger partial charge is 0.493 e. The van der Waals surface area contributed by atoms with E-state index in [0.29, 0.717) is 22.8 Å². The maximum Gasteiger partial charge on any atom is 0.338 e. The van der Waals surface area contributed by atoms with Crippen molar-refractivity contribution in [2.24, 2.45) is 0 Å². The van der Waals surface area contributed by atoms with Crippen molar-refractivity contribution in [2.45, 2.75) is 6.61 Å². The molecule has 0 amide bonds. The minimum absolute atomic E-state index is 0.152. The second-order valence-corrected chi connectivity index (χ2v) is 4.62. The van der Waals surface area contributed by atoms with Gasteiger partial charge in [0, 0.05) is 0 Å². The number of carbonyl (C=O) groups excluding carboxylic acids is 1. The van der Waals surface area contributed by atoms with E-state index in [1.807, 2.05) is 0 Å². The first-order chi connectivity index (χ1) is 11.7. The topological polar surface area (TPSA) is 96.8 Å². The molecule has 0 saturated heterocycles. The molecule has 24 heavy (non-hydrogen) atoms. The standard InChI is InChI=1S/C16H14N2O6/c1-20-11-6-5-10(8-13(11)21-2)16(19)23-9-14-17-18-15(24-14)12-4-3-7-22-12/h3-8H,9H2,1-2H3. The summed E-state index contributed by atoms with van der Waals surface area (Å²) in [6, 6.07) is 8.12. The highest BCUT2D eigenvalue weighted by Crippen LogP contribution is 2.28. The van der Waals surface area contributed by atoms with E-state index in [1.54, 1.807) is 24.3 Å². The number of carbonyl (C=O) groups is 1. The van der Waals surface area contributed by atoms with Gasteiger partial charge in [0.25, 0.3) is 11.8 Å². The van der Waals surface area contributed by atoms with Gasteiger partial charge >= 0.3 is 5.97 Å². The van der Waals surface area contributed by atoms with E-state index in [9.17, 15) is 4.79 Å². The summed E-state index contributed by atoms with van der Waals surface area (Å²) in [5.74, 6) is 1.24. The summed E-state index contributed by atoms with van der Waals surface area (Å²) in [5.41, 5.74) is 0.318. The lowest BCUT2D eigenvalue weighted by Crippen LogP contribution is -2.06. The first kappa shape index (κ1) is 15.6. The highest BCUT2D eigenvalue weighted by molar-refractivity contribution is 5.90. The smallest absolute Gasteiger partial charge is 0.338 e. The molecule has 0 aliphatic rings. The summed E-state index contributed by atoms with van der Waals surface area (Å²) in [7, 11) is 3.00. The molecule has 0 radical (unpaired) electrons. The SMILES string of the molecule is COc1ccc(C(=O)OCc2nnc(-c3ccco3)o2)cc1OC. The highest BCUT2D eigenvalue weighted by Gasteiger charge is 2.15. The Morgan fingerprint density at radius 1 is 1.12 bits per heavy atom. The van der Waals surface area contributed by atoms with Gasteiger partial charge in [-0.1, -0.05) is 0 Å². The Morgan fingerprint density at radius 3 is 2.67 bits per heavy atom. The number of rotatable bonds is 6. The molecule has 3 rings (SSSR count). The Kier molecular flexibility index (Phi) is 4.46. The third-order valence-electron chi connectivity index (χ3n) is 3.14. The Balaban J connectivity index is 1.65. The zero-order chi connectivity index (χ0) is 16.9. The van der Waals surface area contributed by atoms with Crippen molar-refractivity contribution >= 4 is 5.97 Å². The highest BCUT2D eigenvalue weighted by atomic mass is 16.5. The first-order valence-corrected chi connectivity index (χ1v) is 6.96. The second-order valence-electron chi connectivity index (χ2n) is 4.62. The molecule has 0 spiro atoms. The van der Waals surface area contributed by atoms with Crippen LogP contribution < -0.4 is 9.47 Å². The summed E-state index contributed by atoms with van der Waals surface area (Å²) in [5, 5.41) is 7.62. The average Bonchev–Trinajstić information content (AvgIpc) is 3.30. The zero-order valence-corrected chi connectivity index (χ0v) is 13.0. The zero-order valence-electron chi connectivity index (χ0n) is 13.0. The van der Waals surface area contributed by atoms with Crippen LogP contribution in [0.2, 0.25) is 0 Å². The molecule has 1 aromatic carbocycles. The third-order valence-corrected chi connectivity index (χ3v) is 3.14. The van der Waals surface area contributed by atoms with Crippen molar-refractivity contribution in [2.75, 3.05) is 14.2 Å². The minimum atomic E-state index is -0.547. The lowest BCUT2D eigenvalue weighted by atomic mass is 10.2. The van der Waals surface area contributed by atoms with Crippen LogP contribution in [0.4, 0.5) is 0 Å². The fourth-order valence-corrected chi connectivity index (χ4v) is 1.99. The van der Waals surface area contributed by atoms with Crippen LogP contribution >= 0.6 is 0 Å². The van der Waals surface area contributed by atoms with Crippen molar-refractivity contribution < 1.29 is 27.8 Å². The Hall–Kier alpha value is -3.29. The van der Waals surface area contributed by atoms with Gasteiger partial charge in [-0.2, -0.15) is 0 Å². The maximum absolute atomic E-state index is 12.1. The summed E-state index contributed by atoms with van der Waals surface area (Å²) >= 11 is 0. The van der Waals surface area contributed by atoms with E-state index < -0.39 is 5.97 Å². The minimum Gasteiger partial charge on any atom is -0.493 e. The second kappa shape index (κ2) is 6.86. The monoisotopic (exact) mass is 330 g/mol. The van der Waals surface area contributed by atoms with Crippen LogP contribution in [0.25, 0.3) is 11.7 Å². The van der Waals surface area contributed by atoms with Crippen LogP contribution in [-0.2, 0) is 11.3 Å². The number of hydrogen-bond donors (Lipinski definition) is 0. The molecular weight excluding hydrogens is 316 g/mol. The van der Waals surface area contributed by atoms with Gasteiger partial charge in [-0.25, -0.2) is 4.79 Å². The molecule has 0 aliphatic heterocycles. The molecule has 8 heteroatoms. The van der Waals surface area contributed by atoms with Crippen molar-refractivity contribution in [3.8, 4) is 23.1 Å². The van der Waals surface area contributed by atoms with Gasteiger partial charge in [-0.05, 0) is 30.3 Å². The van der Waals surface area contributed by atoms with Crippen LogP contribution in [0.15, 0.2) is 45.4 Å². The molecule has 0 N–H and O–H groups in total. The van der Waals surface area contributed by atoms with Crippen LogP contribution in [0.3, 0.4) is 0 Å². The number of esters is 1. The van der Waals surface area contributed by atoms with Crippen LogP contribution in [0, 0.1) is 0 Å². The van der Waals surface area contributed by atoms with E-state index in [4.69, 9.17) is 23.0 Å². The normalized spacial score (nSPS) is 10.4. The number of ether oxygens (including phenoxy) is 3. The van der Waals surface area contributed by atoms with Crippen LogP contribution in [0.5, 0.6) is 11.5 Å². The molecule has 8 nitrogen and oxygen atoms in total. The number of methoxy groups -OCH3 is 2. The first-order valence-electron chi connectivity index (χ1n) is 6.96. The van der Waals surface area contributed by atoms with Crippen molar-refractivity contribution in [1.29, 1.82) is 0 Å². The number of hydrogen-bond acceptors (Lipinski definition) is 8. The summed E-state index contributed by atoms with van der Waals surface area (Å²) in [4.78, 5) is 12.1. The number of aromatic nitrogens is 2. The Morgan fingerprint density at radius 2 is 1.96 bits per heavy atom. The van der Waals surface area contributed by atoms with Crippen LogP contribution in [-0.4, -0.2) is 30.4 Å². The molecule has 0 unspecified atom stereocenters. The molecule has 2 aromatic heterocycles. The van der Waals surface area contributed by atoms with Gasteiger partial charge in [0.1, 0.15) is 0 Å². The predicted octanol–water partition coefficient (Wildman–Crippen LogP) is 2.70. The number of furan rings is 1. The molecule has 3 aromatic rings. The van der Waals surface area contributed by atoms with Gasteiger partial charge in [0.15, 0.2) is 23.9 Å². The molecule has 0 saturated carbocycles. The van der Waals surface area contributed by atoms with E-state index in [2.05, 4.69) is 10.2 Å². The van der Waals surface area contributed by atoms with E-state index in [0.717, 1.165) is 0 Å². The number of nitrogens with zero attached hydrogens (tertiary/aromatic N) is 2. The van der Waals surface area contributed by atoms with Gasteiger partial charge in [-0.3, -0.25) is 0 Å². The van der Waals surface area contributed by atoms with Gasteiger partial charge in [-0.15, -0.1) is 10.2 Å². The van der Waals surface area contributed by atoms with E-state index >= 15 is 0 Å². The lowest BCUT2D eigenvalue weighted by Gasteiger charge is -2.08. The molecule has 2 heterocycles. The molecule has 0 bridgehead atoms. The molecular formula is C16H14N2O6. The fraction of sp³-hybridized carbons (Fsp3) is 0.188. The molecule has 0 fully saturated rings. The average molecular weight is 330 g/mol. The van der Waals surface area contributed by atoms with Crippen molar-refractivity contribution in [3.05, 3.63) is 48.0 Å². The van der Waals surface area contributed by atoms with Gasteiger partial charge in [0.2, 0.25) is 0 Å².